The zero-order chi connectivity index (χ0) is 16.3. The highest BCUT2D eigenvalue weighted by molar-refractivity contribution is 5.91. The molecule has 2 aliphatic rings. The van der Waals surface area contributed by atoms with Gasteiger partial charge in [-0.2, -0.15) is 5.26 Å². The molecule has 23 heavy (non-hydrogen) atoms. The standard InChI is InChI=1S/C19H23N3O/c1-21-11-3-8-19(21)9-12-22(13-10-19)18(23)7-6-16-4-2-5-17(14-16)15-20/h2,4-7,14H,3,8-13H2,1H3. The number of rotatable bonds is 2. The summed E-state index contributed by atoms with van der Waals surface area (Å²) >= 11 is 0. The first-order valence-electron chi connectivity index (χ1n) is 8.31. The van der Waals surface area contributed by atoms with Crippen LogP contribution in [-0.2, 0) is 4.79 Å². The van der Waals surface area contributed by atoms with E-state index in [2.05, 4.69) is 18.0 Å². The lowest BCUT2D eigenvalue weighted by molar-refractivity contribution is -0.128. The predicted molar refractivity (Wildman–Crippen MR) is 90.6 cm³/mol. The molecule has 2 saturated heterocycles. The van der Waals surface area contributed by atoms with Crippen molar-refractivity contribution in [1.82, 2.24) is 9.80 Å². The van der Waals surface area contributed by atoms with E-state index in [1.807, 2.05) is 17.0 Å². The summed E-state index contributed by atoms with van der Waals surface area (Å²) in [6, 6.07) is 9.42. The molecular formula is C19H23N3O. The van der Waals surface area contributed by atoms with Crippen molar-refractivity contribution < 1.29 is 4.79 Å². The first-order chi connectivity index (χ1) is 11.1. The lowest BCUT2D eigenvalue weighted by atomic mass is 9.85. The van der Waals surface area contributed by atoms with Crippen LogP contribution in [-0.4, -0.2) is 47.9 Å². The van der Waals surface area contributed by atoms with Gasteiger partial charge in [0.1, 0.15) is 0 Å². The molecule has 0 atom stereocenters. The van der Waals surface area contributed by atoms with Crippen LogP contribution in [0.25, 0.3) is 6.08 Å². The van der Waals surface area contributed by atoms with Crippen LogP contribution >= 0.6 is 0 Å². The SMILES string of the molecule is CN1CCCC12CCN(C(=O)C=Cc1cccc(C#N)c1)CC2. The van der Waals surface area contributed by atoms with Gasteiger partial charge in [-0.3, -0.25) is 4.79 Å². The van der Waals surface area contributed by atoms with Crippen LogP contribution in [0.2, 0.25) is 0 Å². The zero-order valence-electron chi connectivity index (χ0n) is 13.7. The Hall–Kier alpha value is -2.12. The highest BCUT2D eigenvalue weighted by Crippen LogP contribution is 2.37. The summed E-state index contributed by atoms with van der Waals surface area (Å²) in [6.45, 7) is 2.86. The highest BCUT2D eigenvalue weighted by atomic mass is 16.2. The normalized spacial score (nSPS) is 21.0. The number of carbonyl (C=O) groups excluding carboxylic acids is 1. The molecule has 120 valence electrons. The van der Waals surface area contributed by atoms with E-state index in [0.717, 1.165) is 31.5 Å². The van der Waals surface area contributed by atoms with Crippen molar-refractivity contribution in [1.29, 1.82) is 5.26 Å². The maximum Gasteiger partial charge on any atom is 0.246 e. The van der Waals surface area contributed by atoms with Gasteiger partial charge in [0, 0.05) is 24.7 Å². The fourth-order valence-corrected chi connectivity index (χ4v) is 3.83. The third-order valence-corrected chi connectivity index (χ3v) is 5.39. The number of hydrogen-bond acceptors (Lipinski definition) is 3. The lowest BCUT2D eigenvalue weighted by Crippen LogP contribution is -2.51. The van der Waals surface area contributed by atoms with Gasteiger partial charge in [-0.1, -0.05) is 12.1 Å². The maximum atomic E-state index is 12.4. The third kappa shape index (κ3) is 3.30. The van der Waals surface area contributed by atoms with Gasteiger partial charge in [0.05, 0.1) is 11.6 Å². The summed E-state index contributed by atoms with van der Waals surface area (Å²) in [7, 11) is 2.21. The molecule has 1 aromatic carbocycles. The molecule has 0 saturated carbocycles. The Kier molecular flexibility index (Phi) is 4.49. The number of benzene rings is 1. The number of likely N-dealkylation sites (tertiary alicyclic amines) is 2. The first-order valence-corrected chi connectivity index (χ1v) is 8.31. The molecular weight excluding hydrogens is 286 g/mol. The van der Waals surface area contributed by atoms with E-state index in [1.165, 1.54) is 19.4 Å². The van der Waals surface area contributed by atoms with Crippen molar-refractivity contribution in [2.75, 3.05) is 26.7 Å². The summed E-state index contributed by atoms with van der Waals surface area (Å²) < 4.78 is 0. The summed E-state index contributed by atoms with van der Waals surface area (Å²) in [6.07, 6.45) is 8.13. The van der Waals surface area contributed by atoms with Crippen LogP contribution in [0.15, 0.2) is 30.3 Å². The van der Waals surface area contributed by atoms with E-state index in [1.54, 1.807) is 24.3 Å². The molecule has 0 aliphatic carbocycles. The molecule has 3 rings (SSSR count). The number of hydrogen-bond donors (Lipinski definition) is 0. The summed E-state index contributed by atoms with van der Waals surface area (Å²) in [5.74, 6) is 0.0721. The number of nitriles is 1. The van der Waals surface area contributed by atoms with Crippen molar-refractivity contribution in [2.24, 2.45) is 0 Å². The van der Waals surface area contributed by atoms with Crippen LogP contribution in [0.4, 0.5) is 0 Å². The van der Waals surface area contributed by atoms with E-state index in [0.29, 0.717) is 11.1 Å². The molecule has 4 nitrogen and oxygen atoms in total. The Morgan fingerprint density at radius 2 is 2.04 bits per heavy atom. The van der Waals surface area contributed by atoms with Gasteiger partial charge in [0.15, 0.2) is 0 Å². The van der Waals surface area contributed by atoms with E-state index in [-0.39, 0.29) is 5.91 Å². The van der Waals surface area contributed by atoms with Gasteiger partial charge in [-0.15, -0.1) is 0 Å². The van der Waals surface area contributed by atoms with Gasteiger partial charge in [-0.05, 0) is 63.0 Å². The maximum absolute atomic E-state index is 12.4. The van der Waals surface area contributed by atoms with Gasteiger partial charge in [0.25, 0.3) is 0 Å². The first kappa shape index (κ1) is 15.8. The Morgan fingerprint density at radius 1 is 1.26 bits per heavy atom. The van der Waals surface area contributed by atoms with Gasteiger partial charge in [0.2, 0.25) is 5.91 Å². The van der Waals surface area contributed by atoms with Crippen LogP contribution in [0.5, 0.6) is 0 Å². The van der Waals surface area contributed by atoms with Crippen LogP contribution in [0.1, 0.15) is 36.8 Å². The summed E-state index contributed by atoms with van der Waals surface area (Å²) in [5, 5.41) is 8.91. The quantitative estimate of drug-likeness (QED) is 0.789. The number of carbonyl (C=O) groups is 1. The van der Waals surface area contributed by atoms with Crippen molar-refractivity contribution in [2.45, 2.75) is 31.2 Å². The van der Waals surface area contributed by atoms with Gasteiger partial charge in [-0.25, -0.2) is 0 Å². The smallest absolute Gasteiger partial charge is 0.246 e. The molecule has 0 N–H and O–H groups in total. The zero-order valence-corrected chi connectivity index (χ0v) is 13.7. The van der Waals surface area contributed by atoms with Crippen LogP contribution in [0.3, 0.4) is 0 Å². The average Bonchev–Trinajstić information content (AvgIpc) is 2.94. The van der Waals surface area contributed by atoms with Crippen LogP contribution in [0, 0.1) is 11.3 Å². The molecule has 1 aromatic rings. The molecule has 0 bridgehead atoms. The van der Waals surface area contributed by atoms with Crippen molar-refractivity contribution in [3.63, 3.8) is 0 Å². The Bertz CT molecular complexity index is 651. The topological polar surface area (TPSA) is 47.3 Å². The Balaban J connectivity index is 1.59. The van der Waals surface area contributed by atoms with Gasteiger partial charge >= 0.3 is 0 Å². The van der Waals surface area contributed by atoms with Crippen molar-refractivity contribution in [3.05, 3.63) is 41.5 Å². The molecule has 2 fully saturated rings. The van der Waals surface area contributed by atoms with E-state index >= 15 is 0 Å². The molecule has 2 aliphatic heterocycles. The minimum absolute atomic E-state index is 0.0721. The van der Waals surface area contributed by atoms with E-state index < -0.39 is 0 Å². The van der Waals surface area contributed by atoms with E-state index in [9.17, 15) is 4.79 Å². The van der Waals surface area contributed by atoms with Crippen LogP contribution < -0.4 is 0 Å². The number of nitrogens with zero attached hydrogens (tertiary/aromatic N) is 3. The Labute approximate surface area is 138 Å². The minimum atomic E-state index is 0.0721. The number of amides is 1. The fourth-order valence-electron chi connectivity index (χ4n) is 3.83. The second-order valence-electron chi connectivity index (χ2n) is 6.65. The third-order valence-electron chi connectivity index (χ3n) is 5.39. The predicted octanol–water partition coefficient (Wildman–Crippen LogP) is 2.66. The molecule has 1 spiro atoms. The largest absolute Gasteiger partial charge is 0.339 e. The average molecular weight is 309 g/mol. The number of piperidine rings is 1. The molecule has 4 heteroatoms. The molecule has 0 radical (unpaired) electrons. The molecule has 2 heterocycles. The highest BCUT2D eigenvalue weighted by Gasteiger charge is 2.41. The summed E-state index contributed by atoms with van der Waals surface area (Å²) in [5.41, 5.74) is 1.84. The minimum Gasteiger partial charge on any atom is -0.339 e. The molecule has 0 unspecified atom stereocenters. The van der Waals surface area contributed by atoms with E-state index in [4.69, 9.17) is 5.26 Å². The van der Waals surface area contributed by atoms with Crippen molar-refractivity contribution in [3.8, 4) is 6.07 Å². The molecule has 0 aromatic heterocycles. The molecule has 1 amide bonds. The fraction of sp³-hybridized carbons (Fsp3) is 0.474. The monoisotopic (exact) mass is 309 g/mol. The second-order valence-corrected chi connectivity index (χ2v) is 6.65. The van der Waals surface area contributed by atoms with Crippen molar-refractivity contribution >= 4 is 12.0 Å². The lowest BCUT2D eigenvalue weighted by Gasteiger charge is -2.43. The Morgan fingerprint density at radius 3 is 2.70 bits per heavy atom. The van der Waals surface area contributed by atoms with Gasteiger partial charge < -0.3 is 9.80 Å². The summed E-state index contributed by atoms with van der Waals surface area (Å²) in [4.78, 5) is 16.8. The second kappa shape index (κ2) is 6.55.